The Bertz CT molecular complexity index is 3570. The van der Waals surface area contributed by atoms with Crippen molar-refractivity contribution in [3.05, 3.63) is 173 Å². The van der Waals surface area contributed by atoms with Gasteiger partial charge in [0.2, 0.25) is 47.3 Å². The molecular weight excluding hydrogens is 1260 g/mol. The number of nitrogens with zero attached hydrogens (tertiary/aromatic N) is 4. The van der Waals surface area contributed by atoms with E-state index in [1.807, 2.05) is 56.3 Å². The van der Waals surface area contributed by atoms with Gasteiger partial charge in [-0.1, -0.05) is 86.1 Å². The highest BCUT2D eigenvalue weighted by Gasteiger charge is 2.35. The van der Waals surface area contributed by atoms with Crippen molar-refractivity contribution in [3.63, 3.8) is 0 Å². The van der Waals surface area contributed by atoms with Gasteiger partial charge in [0.15, 0.2) is 0 Å². The summed E-state index contributed by atoms with van der Waals surface area (Å²) in [6, 6.07) is 20.1. The molecule has 97 heavy (non-hydrogen) atoms. The van der Waals surface area contributed by atoms with Gasteiger partial charge in [-0.15, -0.1) is 0 Å². The molecule has 1 saturated heterocycles. The minimum atomic E-state index is -1.75. The van der Waals surface area contributed by atoms with Gasteiger partial charge in [-0.05, 0) is 147 Å². The van der Waals surface area contributed by atoms with E-state index in [2.05, 4.69) is 73.0 Å². The zero-order chi connectivity index (χ0) is 69.5. The van der Waals surface area contributed by atoms with E-state index in [1.54, 1.807) is 66.9 Å². The molecule has 4 heterocycles. The molecule has 7 atom stereocenters. The normalized spacial score (nSPS) is 14.2. The van der Waals surface area contributed by atoms with E-state index in [4.69, 9.17) is 11.6 Å². The Balaban J connectivity index is 1.11. The van der Waals surface area contributed by atoms with Gasteiger partial charge in [-0.2, -0.15) is 0 Å². The average Bonchev–Trinajstić information content (AvgIpc) is 1.11. The van der Waals surface area contributed by atoms with Crippen LogP contribution in [0.2, 0.25) is 5.02 Å². The van der Waals surface area contributed by atoms with Crippen molar-refractivity contribution in [2.24, 2.45) is 5.92 Å². The van der Waals surface area contributed by atoms with Crippen LogP contribution in [0, 0.1) is 5.92 Å². The Labute approximate surface area is 570 Å². The van der Waals surface area contributed by atoms with Crippen LogP contribution in [0.5, 0.6) is 0 Å². The van der Waals surface area contributed by atoms with E-state index in [9.17, 15) is 53.1 Å². The molecular formula is C71H89ClN14O11. The van der Waals surface area contributed by atoms with Crippen LogP contribution in [0.25, 0.3) is 10.8 Å². The number of unbranched alkanes of at least 4 members (excludes halogenated alkanes) is 2. The number of nitrogens with one attached hydrogen (secondary N) is 10. The summed E-state index contributed by atoms with van der Waals surface area (Å²) in [7, 11) is 0. The van der Waals surface area contributed by atoms with Gasteiger partial charge in [0.25, 0.3) is 11.8 Å². The zero-order valence-corrected chi connectivity index (χ0v) is 55.8. The molecule has 0 unspecified atom stereocenters. The number of aliphatic hydroxyl groups excluding tert-OH is 1. The van der Waals surface area contributed by atoms with Crippen LogP contribution in [-0.4, -0.2) is 172 Å². The monoisotopic (exact) mass is 1350 g/mol. The average molecular weight is 1350 g/mol. The van der Waals surface area contributed by atoms with Crippen molar-refractivity contribution in [2.75, 3.05) is 45.9 Å². The SMILES string of the molecule is CC(=O)N[C@H](Cc1ccc2ccccc2c1)C(=O)N[C@H](Cc1ccc(Cl)cc1)C(=O)N[C@H](Cc1cccnc1)C(=O)N[C@@H](CO)C(=O)N[C@@H](CCCCNC(=O)c1cccnc1)C(=O)N[C@H](CCCCNC(=O)c1cccnc1)C(=O)N[C@@H](CC(C)C)C(=O)NCCN1CCCC1. The number of aliphatic hydroxyl groups is 1. The molecule has 0 aliphatic carbocycles. The molecule has 516 valence electrons. The van der Waals surface area contributed by atoms with Crippen molar-refractivity contribution in [2.45, 2.75) is 140 Å². The largest absolute Gasteiger partial charge is 0.394 e. The van der Waals surface area contributed by atoms with E-state index < -0.39 is 96.2 Å². The Morgan fingerprint density at radius 3 is 1.44 bits per heavy atom. The number of rotatable bonds is 38. The van der Waals surface area contributed by atoms with Gasteiger partial charge in [-0.25, -0.2) is 0 Å². The second-order valence-corrected chi connectivity index (χ2v) is 25.0. The second-order valence-electron chi connectivity index (χ2n) is 24.5. The van der Waals surface area contributed by atoms with Crippen molar-refractivity contribution in [1.29, 1.82) is 0 Å². The molecule has 11 N–H and O–H groups in total. The van der Waals surface area contributed by atoms with Crippen molar-refractivity contribution < 1.29 is 53.1 Å². The van der Waals surface area contributed by atoms with E-state index in [1.165, 1.54) is 37.9 Å². The smallest absolute Gasteiger partial charge is 0.252 e. The van der Waals surface area contributed by atoms with E-state index in [0.29, 0.717) is 59.6 Å². The van der Waals surface area contributed by atoms with Gasteiger partial charge >= 0.3 is 0 Å². The lowest BCUT2D eigenvalue weighted by molar-refractivity contribution is -0.136. The van der Waals surface area contributed by atoms with E-state index >= 15 is 0 Å². The molecule has 7 rings (SSSR count). The maximum atomic E-state index is 14.8. The fraction of sp³-hybridized carbons (Fsp3) is 0.423. The van der Waals surface area contributed by atoms with Gasteiger partial charge in [-0.3, -0.25) is 62.9 Å². The summed E-state index contributed by atoms with van der Waals surface area (Å²) in [6.07, 6.45) is 12.2. The number of pyridine rings is 3. The van der Waals surface area contributed by atoms with Gasteiger partial charge in [0.1, 0.15) is 42.3 Å². The standard InChI is InChI=1S/C71H89ClN14O11/c1-46(2)37-58(65(91)78-33-36-86-34-10-11-35-86)82-67(93)57(21-7-9-32-77-64(90)54-19-14-30-75-44-54)80-66(92)56(20-6-8-31-76-63(89)53-18-13-29-74-43-53)81-71(97)62(45-87)85-70(96)61(41-50-15-12-28-73-42-50)84-69(95)60(39-48-23-26-55(72)27-24-48)83-68(94)59(79-47(3)88)40-49-22-25-51-16-4-5-17-52(51)38-49/h4-5,12-19,22-30,38,42-44,46,56-62,87H,6-11,20-21,31-37,39-41,45H2,1-3H3,(H,76,89)(H,77,90)(H,78,91)(H,79,88)(H,80,92)(H,81,97)(H,82,93)(H,83,94)(H,84,95)(H,85,96)/t56-,57+,58-,59+,60+,61+,62-/m0/s1. The third-order valence-corrected chi connectivity index (χ3v) is 16.6. The minimum absolute atomic E-state index is 0.0250. The van der Waals surface area contributed by atoms with Crippen LogP contribution in [0.15, 0.2) is 140 Å². The summed E-state index contributed by atoms with van der Waals surface area (Å²) in [6.45, 7) is 7.31. The van der Waals surface area contributed by atoms with Crippen molar-refractivity contribution >= 4 is 81.4 Å². The number of hydrogen-bond acceptors (Lipinski definition) is 15. The van der Waals surface area contributed by atoms with Crippen LogP contribution in [0.3, 0.4) is 0 Å². The zero-order valence-electron chi connectivity index (χ0n) is 55.0. The lowest BCUT2D eigenvalue weighted by atomic mass is 9.99. The summed E-state index contributed by atoms with van der Waals surface area (Å²) in [4.78, 5) is 155. The molecule has 0 bridgehead atoms. The number of carbonyl (C=O) groups excluding carboxylic acids is 10. The number of aromatic nitrogens is 3. The van der Waals surface area contributed by atoms with Crippen LogP contribution in [-0.2, 0) is 57.6 Å². The number of amides is 10. The first-order valence-electron chi connectivity index (χ1n) is 33.0. The highest BCUT2D eigenvalue weighted by Crippen LogP contribution is 2.19. The predicted octanol–water partition coefficient (Wildman–Crippen LogP) is 3.57. The molecule has 25 nitrogen and oxygen atoms in total. The summed E-state index contributed by atoms with van der Waals surface area (Å²) in [5.41, 5.74) is 2.46. The first-order valence-corrected chi connectivity index (χ1v) is 33.4. The van der Waals surface area contributed by atoms with Crippen LogP contribution < -0.4 is 53.2 Å². The number of benzene rings is 3. The Morgan fingerprint density at radius 1 is 0.464 bits per heavy atom. The molecule has 0 saturated carbocycles. The minimum Gasteiger partial charge on any atom is -0.394 e. The maximum Gasteiger partial charge on any atom is 0.252 e. The topological polar surface area (TPSA) is 353 Å². The van der Waals surface area contributed by atoms with Crippen molar-refractivity contribution in [3.8, 4) is 0 Å². The summed E-state index contributed by atoms with van der Waals surface area (Å²) in [5.74, 6) is -6.69. The number of carbonyl (C=O) groups is 10. The van der Waals surface area contributed by atoms with Crippen LogP contribution >= 0.6 is 11.6 Å². The van der Waals surface area contributed by atoms with Gasteiger partial charge in [0.05, 0.1) is 17.7 Å². The van der Waals surface area contributed by atoms with E-state index in [0.717, 1.165) is 42.3 Å². The fourth-order valence-corrected chi connectivity index (χ4v) is 11.3. The third-order valence-electron chi connectivity index (χ3n) is 16.3. The molecule has 0 spiro atoms. The molecule has 1 aliphatic heterocycles. The number of halogens is 1. The molecule has 3 aromatic carbocycles. The molecule has 0 radical (unpaired) electrons. The molecule has 1 fully saturated rings. The lowest BCUT2D eigenvalue weighted by Gasteiger charge is -2.28. The predicted molar refractivity (Wildman–Crippen MR) is 366 cm³/mol. The van der Waals surface area contributed by atoms with Gasteiger partial charge in [0, 0.05) is 94.6 Å². The first kappa shape index (κ1) is 74.7. The Hall–Kier alpha value is -9.72. The van der Waals surface area contributed by atoms with E-state index in [-0.39, 0.29) is 75.8 Å². The second kappa shape index (κ2) is 39.3. The number of hydrogen-bond donors (Lipinski definition) is 11. The van der Waals surface area contributed by atoms with Gasteiger partial charge < -0.3 is 63.2 Å². The quantitative estimate of drug-likeness (QED) is 0.0247. The lowest BCUT2D eigenvalue weighted by Crippen LogP contribution is -2.61. The maximum absolute atomic E-state index is 14.8. The third kappa shape index (κ3) is 25.4. The van der Waals surface area contributed by atoms with Crippen LogP contribution in [0.1, 0.15) is 116 Å². The van der Waals surface area contributed by atoms with Crippen molar-refractivity contribution in [1.82, 2.24) is 73.0 Å². The fourth-order valence-electron chi connectivity index (χ4n) is 11.2. The molecule has 10 amide bonds. The Kier molecular flexibility index (Phi) is 30.3. The summed E-state index contributed by atoms with van der Waals surface area (Å²) in [5, 5.41) is 41.0. The molecule has 1 aliphatic rings. The highest BCUT2D eigenvalue weighted by molar-refractivity contribution is 6.30. The first-order chi connectivity index (χ1) is 46.8. The highest BCUT2D eigenvalue weighted by atomic mass is 35.5. The molecule has 6 aromatic rings. The molecule has 26 heteroatoms. The Morgan fingerprint density at radius 2 is 0.928 bits per heavy atom. The summed E-state index contributed by atoms with van der Waals surface area (Å²) >= 11 is 6.24. The summed E-state index contributed by atoms with van der Waals surface area (Å²) < 4.78 is 0. The number of likely N-dealkylation sites (tertiary alicyclic amines) is 1. The molecule has 3 aromatic heterocycles. The van der Waals surface area contributed by atoms with Crippen LogP contribution in [0.4, 0.5) is 0 Å². The number of fused-ring (bicyclic) bond motifs is 1.